The highest BCUT2D eigenvalue weighted by Crippen LogP contribution is 2.31. The maximum Gasteiger partial charge on any atom is 0.418 e. The second kappa shape index (κ2) is 7.62. The van der Waals surface area contributed by atoms with Crippen LogP contribution in [0.15, 0.2) is 0 Å². The van der Waals surface area contributed by atoms with Gasteiger partial charge in [0.05, 0.1) is 19.7 Å². The fourth-order valence-corrected chi connectivity index (χ4v) is 3.94. The van der Waals surface area contributed by atoms with E-state index in [-0.39, 0.29) is 18.5 Å². The van der Waals surface area contributed by atoms with E-state index in [1.165, 1.54) is 17.1 Å². The molecule has 3 aliphatic rings. The van der Waals surface area contributed by atoms with E-state index >= 15 is 0 Å². The van der Waals surface area contributed by atoms with Crippen LogP contribution in [-0.2, 0) is 24.3 Å². The predicted molar refractivity (Wildman–Crippen MR) is 86.8 cm³/mol. The summed E-state index contributed by atoms with van der Waals surface area (Å²) in [5, 5.41) is 8.33. The summed E-state index contributed by atoms with van der Waals surface area (Å²) in [5.74, 6) is -0.375. The first-order valence-corrected chi connectivity index (χ1v) is 9.73. The molecule has 3 rings (SSSR count). The molecule has 2 bridgehead atoms. The Morgan fingerprint density at radius 1 is 1.38 bits per heavy atom. The van der Waals surface area contributed by atoms with Gasteiger partial charge in [0, 0.05) is 32.2 Å². The maximum absolute atomic E-state index is 12.9. The Bertz CT molecular complexity index is 653. The lowest BCUT2D eigenvalue weighted by Crippen LogP contribution is -2.57. The summed E-state index contributed by atoms with van der Waals surface area (Å²) in [4.78, 5) is 31.7. The van der Waals surface area contributed by atoms with Crippen LogP contribution in [0.3, 0.4) is 0 Å². The Kier molecular flexibility index (Phi) is 5.64. The molecule has 0 radical (unpaired) electrons. The zero-order valence-corrected chi connectivity index (χ0v) is 15.1. The molecule has 12 nitrogen and oxygen atoms in total. The molecule has 26 heavy (non-hydrogen) atoms. The first-order valence-electron chi connectivity index (χ1n) is 8.36. The molecular formula is C13H23N5O7S. The molecule has 3 N–H and O–H groups in total. The number of fused-ring (bicyclic) bond motifs is 2. The van der Waals surface area contributed by atoms with Crippen molar-refractivity contribution in [2.24, 2.45) is 0 Å². The van der Waals surface area contributed by atoms with Crippen LogP contribution in [-0.4, -0.2) is 97.9 Å². The van der Waals surface area contributed by atoms with E-state index in [0.29, 0.717) is 31.0 Å². The minimum Gasteiger partial charge on any atom is -0.314 e. The number of piperidine rings is 1. The van der Waals surface area contributed by atoms with Crippen molar-refractivity contribution in [3.8, 4) is 0 Å². The van der Waals surface area contributed by atoms with Gasteiger partial charge in [-0.3, -0.25) is 14.2 Å². The van der Waals surface area contributed by atoms with Crippen LogP contribution >= 0.6 is 0 Å². The molecule has 0 aromatic rings. The molecule has 0 spiro atoms. The minimum atomic E-state index is -4.81. The zero-order chi connectivity index (χ0) is 18.9. The van der Waals surface area contributed by atoms with Gasteiger partial charge in [-0.1, -0.05) is 0 Å². The van der Waals surface area contributed by atoms with Gasteiger partial charge in [0.15, 0.2) is 0 Å². The highest BCUT2D eigenvalue weighted by Gasteiger charge is 2.50. The minimum absolute atomic E-state index is 0.0256. The molecule has 0 saturated carbocycles. The predicted octanol–water partition coefficient (Wildman–Crippen LogP) is -2.06. The van der Waals surface area contributed by atoms with Crippen molar-refractivity contribution in [3.05, 3.63) is 0 Å². The fraction of sp³-hybridized carbons (Fsp3) is 0.846. The SMILES string of the molecule is CON(CC1CNCCN1)C(=O)C1CCC2CN1C(=O)N2OS(=O)(=O)O. The van der Waals surface area contributed by atoms with Gasteiger partial charge in [-0.05, 0) is 12.8 Å². The average molecular weight is 393 g/mol. The second-order valence-corrected chi connectivity index (χ2v) is 7.45. The molecule has 0 aromatic heterocycles. The summed E-state index contributed by atoms with van der Waals surface area (Å²) >= 11 is 0. The van der Waals surface area contributed by atoms with E-state index in [0.717, 1.165) is 13.1 Å². The van der Waals surface area contributed by atoms with E-state index < -0.39 is 28.5 Å². The normalized spacial score (nSPS) is 29.2. The van der Waals surface area contributed by atoms with E-state index in [2.05, 4.69) is 14.9 Å². The summed E-state index contributed by atoms with van der Waals surface area (Å²) in [6.45, 7) is 2.79. The van der Waals surface area contributed by atoms with Crippen LogP contribution in [0.4, 0.5) is 4.79 Å². The number of carbonyl (C=O) groups excluding carboxylic acids is 2. The van der Waals surface area contributed by atoms with E-state index in [9.17, 15) is 18.0 Å². The molecule has 3 fully saturated rings. The summed E-state index contributed by atoms with van der Waals surface area (Å²) in [6, 6.07) is -2.05. The first kappa shape index (κ1) is 19.3. The Balaban J connectivity index is 1.67. The average Bonchev–Trinajstić information content (AvgIpc) is 2.84. The molecule has 3 heterocycles. The van der Waals surface area contributed by atoms with Gasteiger partial charge in [0.1, 0.15) is 6.04 Å². The van der Waals surface area contributed by atoms with E-state index in [4.69, 9.17) is 9.39 Å². The highest BCUT2D eigenvalue weighted by atomic mass is 32.3. The number of nitrogens with zero attached hydrogens (tertiary/aromatic N) is 3. The molecule has 3 unspecified atom stereocenters. The molecule has 148 valence electrons. The summed E-state index contributed by atoms with van der Waals surface area (Å²) in [6.07, 6.45) is 0.714. The monoisotopic (exact) mass is 393 g/mol. The standard InChI is InChI=1S/C13H23N5O7S/c1-24-17(7-9-6-14-4-5-15-9)12(19)11-3-2-10-8-16(11)13(20)18(10)25-26(21,22)23/h9-11,14-15H,2-8H2,1H3,(H,21,22,23). The number of carbonyl (C=O) groups is 2. The number of urea groups is 1. The number of hydrogen-bond donors (Lipinski definition) is 3. The Hall–Kier alpha value is -1.51. The molecule has 0 aliphatic carbocycles. The Labute approximate surface area is 151 Å². The molecule has 3 amide bonds. The third kappa shape index (κ3) is 4.07. The van der Waals surface area contributed by atoms with E-state index in [1.807, 2.05) is 0 Å². The third-order valence-corrected chi connectivity index (χ3v) is 5.11. The summed E-state index contributed by atoms with van der Waals surface area (Å²) in [7, 11) is -3.43. The lowest BCUT2D eigenvalue weighted by molar-refractivity contribution is -0.183. The second-order valence-electron chi connectivity index (χ2n) is 6.45. The van der Waals surface area contributed by atoms with Crippen LogP contribution in [0.5, 0.6) is 0 Å². The number of nitrogens with one attached hydrogen (secondary N) is 2. The molecule has 3 atom stereocenters. The number of rotatable bonds is 6. The number of hydroxylamine groups is 4. The molecule has 0 aromatic carbocycles. The van der Waals surface area contributed by atoms with Gasteiger partial charge in [-0.25, -0.2) is 9.86 Å². The number of amides is 3. The van der Waals surface area contributed by atoms with Gasteiger partial charge >= 0.3 is 16.4 Å². The van der Waals surface area contributed by atoms with Crippen molar-refractivity contribution in [3.63, 3.8) is 0 Å². The van der Waals surface area contributed by atoms with Crippen LogP contribution < -0.4 is 10.6 Å². The zero-order valence-electron chi connectivity index (χ0n) is 14.3. The third-order valence-electron chi connectivity index (χ3n) is 4.76. The molecule has 3 aliphatic heterocycles. The van der Waals surface area contributed by atoms with Crippen molar-refractivity contribution in [1.82, 2.24) is 25.7 Å². The largest absolute Gasteiger partial charge is 0.418 e. The van der Waals surface area contributed by atoms with Gasteiger partial charge in [0.25, 0.3) is 5.91 Å². The van der Waals surface area contributed by atoms with Gasteiger partial charge in [-0.15, -0.1) is 4.28 Å². The molecule has 13 heteroatoms. The number of piperazine rings is 1. The number of hydrogen-bond acceptors (Lipinski definition) is 8. The van der Waals surface area contributed by atoms with Crippen molar-refractivity contribution >= 4 is 22.3 Å². The topological polar surface area (TPSA) is 141 Å². The van der Waals surface area contributed by atoms with Crippen LogP contribution in [0.25, 0.3) is 0 Å². The summed E-state index contributed by atoms with van der Waals surface area (Å²) < 4.78 is 35.0. The smallest absolute Gasteiger partial charge is 0.314 e. The fourth-order valence-electron chi connectivity index (χ4n) is 3.55. The van der Waals surface area contributed by atoms with Gasteiger partial charge in [-0.2, -0.15) is 13.5 Å². The van der Waals surface area contributed by atoms with E-state index in [1.54, 1.807) is 0 Å². The van der Waals surface area contributed by atoms with Crippen LogP contribution in [0, 0.1) is 0 Å². The van der Waals surface area contributed by atoms with Gasteiger partial charge in [0.2, 0.25) is 0 Å². The Morgan fingerprint density at radius 2 is 2.15 bits per heavy atom. The molecule has 3 saturated heterocycles. The van der Waals surface area contributed by atoms with Crippen LogP contribution in [0.2, 0.25) is 0 Å². The van der Waals surface area contributed by atoms with Crippen LogP contribution in [0.1, 0.15) is 12.8 Å². The molecular weight excluding hydrogens is 370 g/mol. The highest BCUT2D eigenvalue weighted by molar-refractivity contribution is 7.80. The van der Waals surface area contributed by atoms with Crippen molar-refractivity contribution in [1.29, 1.82) is 0 Å². The van der Waals surface area contributed by atoms with Crippen molar-refractivity contribution in [2.45, 2.75) is 31.0 Å². The maximum atomic E-state index is 12.9. The van der Waals surface area contributed by atoms with Gasteiger partial charge < -0.3 is 15.5 Å². The quantitative estimate of drug-likeness (QED) is 0.343. The lowest BCUT2D eigenvalue weighted by Gasteiger charge is -2.35. The first-order chi connectivity index (χ1) is 12.3. The lowest BCUT2D eigenvalue weighted by atomic mass is 10.00. The van der Waals surface area contributed by atoms with Crippen molar-refractivity contribution in [2.75, 3.05) is 39.8 Å². The Morgan fingerprint density at radius 3 is 2.77 bits per heavy atom. The summed E-state index contributed by atoms with van der Waals surface area (Å²) in [5.41, 5.74) is 0. The van der Waals surface area contributed by atoms with Crippen molar-refractivity contribution < 1.29 is 31.7 Å².